The average molecular weight is 503 g/mol. The van der Waals surface area contributed by atoms with Gasteiger partial charge in [0, 0.05) is 35.8 Å². The lowest BCUT2D eigenvalue weighted by Crippen LogP contribution is -2.26. The molecule has 0 saturated carbocycles. The number of pyridine rings is 1. The van der Waals surface area contributed by atoms with Gasteiger partial charge in [-0.05, 0) is 42.5 Å². The van der Waals surface area contributed by atoms with E-state index < -0.39 is 27.2 Å². The van der Waals surface area contributed by atoms with E-state index in [1.807, 2.05) is 0 Å². The van der Waals surface area contributed by atoms with Gasteiger partial charge in [0.15, 0.2) is 0 Å². The number of carbonyl (C=O) groups is 1. The molecule has 0 aliphatic rings. The number of hydrogen-bond acceptors (Lipinski definition) is 5. The van der Waals surface area contributed by atoms with Crippen LogP contribution in [-0.4, -0.2) is 29.1 Å². The Labute approximate surface area is 205 Å². The molecular formula is C26H19FN4O4S. The summed E-state index contributed by atoms with van der Waals surface area (Å²) in [5.41, 5.74) is 3.35. The zero-order chi connectivity index (χ0) is 25.4. The largest absolute Gasteiger partial charge is 0.350 e. The van der Waals surface area contributed by atoms with Crippen molar-refractivity contribution in [2.24, 2.45) is 12.1 Å². The molecule has 0 fully saturated rings. The van der Waals surface area contributed by atoms with Crippen molar-refractivity contribution in [3.63, 3.8) is 0 Å². The summed E-state index contributed by atoms with van der Waals surface area (Å²) < 4.78 is 42.5. The molecule has 0 aliphatic heterocycles. The highest BCUT2D eigenvalue weighted by Crippen LogP contribution is 2.25. The molecule has 3 aromatic carbocycles. The molecule has 5 aromatic rings. The SMILES string of the molecule is Cn1cc(C(=O)NN=Cc2cn(S(=O)(=O)c3ccc(F)cc3)c3ccccc23)c(=O)c2ccccc21. The van der Waals surface area contributed by atoms with Crippen molar-refractivity contribution in [2.75, 3.05) is 0 Å². The standard InChI is InChI=1S/C26H19FN4O4S/c1-30-16-22(25(32)21-7-3-4-8-23(21)30)26(33)29-28-14-17-15-31(24-9-5-2-6-20(17)24)36(34,35)19-12-10-18(27)11-13-19/h2-16H,1H3,(H,29,33). The van der Waals surface area contributed by atoms with Crippen molar-refractivity contribution in [1.82, 2.24) is 14.0 Å². The van der Waals surface area contributed by atoms with Crippen LogP contribution in [-0.2, 0) is 17.1 Å². The van der Waals surface area contributed by atoms with Gasteiger partial charge in [-0.15, -0.1) is 0 Å². The second-order valence-corrected chi connectivity index (χ2v) is 9.87. The van der Waals surface area contributed by atoms with E-state index in [1.165, 1.54) is 30.7 Å². The third kappa shape index (κ3) is 3.97. The van der Waals surface area contributed by atoms with Crippen molar-refractivity contribution in [2.45, 2.75) is 4.90 Å². The number of aromatic nitrogens is 2. The Morgan fingerprint density at radius 1 is 0.917 bits per heavy atom. The van der Waals surface area contributed by atoms with Gasteiger partial charge in [-0.2, -0.15) is 5.10 Å². The molecule has 2 heterocycles. The lowest BCUT2D eigenvalue weighted by Gasteiger charge is -2.07. The number of nitrogens with zero attached hydrogens (tertiary/aromatic N) is 3. The highest BCUT2D eigenvalue weighted by Gasteiger charge is 2.21. The van der Waals surface area contributed by atoms with Gasteiger partial charge >= 0.3 is 0 Å². The van der Waals surface area contributed by atoms with Crippen LogP contribution in [0.4, 0.5) is 4.39 Å². The fraction of sp³-hybridized carbons (Fsp3) is 0.0385. The van der Waals surface area contributed by atoms with Crippen molar-refractivity contribution >= 4 is 44.0 Å². The first kappa shape index (κ1) is 23.2. The van der Waals surface area contributed by atoms with Crippen LogP contribution in [0.25, 0.3) is 21.8 Å². The summed E-state index contributed by atoms with van der Waals surface area (Å²) in [6, 6.07) is 18.3. The van der Waals surface area contributed by atoms with Crippen LogP contribution >= 0.6 is 0 Å². The molecule has 180 valence electrons. The molecule has 2 aromatic heterocycles. The Morgan fingerprint density at radius 3 is 2.28 bits per heavy atom. The monoisotopic (exact) mass is 502 g/mol. The van der Waals surface area contributed by atoms with Gasteiger partial charge in [-0.1, -0.05) is 30.3 Å². The fourth-order valence-corrected chi connectivity index (χ4v) is 5.40. The summed E-state index contributed by atoms with van der Waals surface area (Å²) in [6.07, 6.45) is 4.12. The van der Waals surface area contributed by atoms with E-state index in [9.17, 15) is 22.4 Å². The summed E-state index contributed by atoms with van der Waals surface area (Å²) >= 11 is 0. The molecule has 0 atom stereocenters. The second-order valence-electron chi connectivity index (χ2n) is 8.06. The quantitative estimate of drug-likeness (QED) is 0.293. The molecular weight excluding hydrogens is 483 g/mol. The molecule has 1 amide bonds. The number of halogens is 1. The molecule has 0 radical (unpaired) electrons. The lowest BCUT2D eigenvalue weighted by molar-refractivity contribution is 0.0953. The Morgan fingerprint density at radius 2 is 1.56 bits per heavy atom. The highest BCUT2D eigenvalue weighted by molar-refractivity contribution is 7.90. The molecule has 10 heteroatoms. The molecule has 1 N–H and O–H groups in total. The average Bonchev–Trinajstić information content (AvgIpc) is 3.26. The first-order valence-electron chi connectivity index (χ1n) is 10.8. The Bertz CT molecular complexity index is 1840. The number of rotatable bonds is 5. The number of nitrogens with one attached hydrogen (secondary N) is 1. The van der Waals surface area contributed by atoms with Crippen LogP contribution in [0.1, 0.15) is 15.9 Å². The van der Waals surface area contributed by atoms with Crippen LogP contribution < -0.4 is 10.9 Å². The third-order valence-corrected chi connectivity index (χ3v) is 7.48. The van der Waals surface area contributed by atoms with E-state index in [-0.39, 0.29) is 10.5 Å². The first-order valence-corrected chi connectivity index (χ1v) is 12.2. The number of benzene rings is 3. The van der Waals surface area contributed by atoms with Gasteiger partial charge < -0.3 is 4.57 Å². The molecule has 36 heavy (non-hydrogen) atoms. The zero-order valence-electron chi connectivity index (χ0n) is 18.9. The van der Waals surface area contributed by atoms with Crippen LogP contribution in [0, 0.1) is 5.82 Å². The third-order valence-electron chi connectivity index (χ3n) is 5.79. The maximum Gasteiger partial charge on any atom is 0.276 e. The van der Waals surface area contributed by atoms with Gasteiger partial charge in [-0.3, -0.25) is 9.59 Å². The molecule has 0 bridgehead atoms. The minimum atomic E-state index is -4.02. The Kier molecular flexibility index (Phi) is 5.73. The molecule has 0 unspecified atom stereocenters. The van der Waals surface area contributed by atoms with E-state index >= 15 is 0 Å². The lowest BCUT2D eigenvalue weighted by atomic mass is 10.1. The van der Waals surface area contributed by atoms with E-state index in [0.717, 1.165) is 16.1 Å². The van der Waals surface area contributed by atoms with Crippen LogP contribution in [0.15, 0.2) is 100.0 Å². The van der Waals surface area contributed by atoms with Gasteiger partial charge in [0.25, 0.3) is 15.9 Å². The van der Waals surface area contributed by atoms with Crippen molar-refractivity contribution in [3.05, 3.63) is 112 Å². The van der Waals surface area contributed by atoms with Gasteiger partial charge in [0.2, 0.25) is 5.43 Å². The summed E-state index contributed by atoms with van der Waals surface area (Å²) in [5.74, 6) is -1.24. The topological polar surface area (TPSA) is 103 Å². The van der Waals surface area contributed by atoms with Gasteiger partial charge in [-0.25, -0.2) is 22.2 Å². The number of amides is 1. The van der Waals surface area contributed by atoms with E-state index in [4.69, 9.17) is 0 Å². The number of hydrogen-bond donors (Lipinski definition) is 1. The van der Waals surface area contributed by atoms with E-state index in [1.54, 1.807) is 60.1 Å². The van der Waals surface area contributed by atoms with Crippen molar-refractivity contribution in [3.8, 4) is 0 Å². The fourth-order valence-electron chi connectivity index (χ4n) is 4.02. The van der Waals surface area contributed by atoms with Crippen LogP contribution in [0.5, 0.6) is 0 Å². The van der Waals surface area contributed by atoms with E-state index in [2.05, 4.69) is 10.5 Å². The summed E-state index contributed by atoms with van der Waals surface area (Å²) in [5, 5.41) is 4.95. The number of aryl methyl sites for hydroxylation is 1. The number of para-hydroxylation sites is 2. The van der Waals surface area contributed by atoms with Crippen molar-refractivity contribution < 1.29 is 17.6 Å². The predicted molar refractivity (Wildman–Crippen MR) is 135 cm³/mol. The Balaban J connectivity index is 1.48. The number of fused-ring (bicyclic) bond motifs is 2. The molecule has 0 aliphatic carbocycles. The maximum atomic E-state index is 13.3. The van der Waals surface area contributed by atoms with Gasteiger partial charge in [0.05, 0.1) is 22.1 Å². The van der Waals surface area contributed by atoms with E-state index in [0.29, 0.717) is 27.4 Å². The first-order chi connectivity index (χ1) is 17.3. The van der Waals surface area contributed by atoms with Crippen molar-refractivity contribution in [1.29, 1.82) is 0 Å². The summed E-state index contributed by atoms with van der Waals surface area (Å²) in [7, 11) is -2.29. The number of hydrazone groups is 1. The predicted octanol–water partition coefficient (Wildman–Crippen LogP) is 3.63. The molecule has 0 saturated heterocycles. The minimum absolute atomic E-state index is 0.0744. The maximum absolute atomic E-state index is 13.3. The summed E-state index contributed by atoms with van der Waals surface area (Å²) in [6.45, 7) is 0. The van der Waals surface area contributed by atoms with Crippen LogP contribution in [0.3, 0.4) is 0 Å². The zero-order valence-corrected chi connectivity index (χ0v) is 19.7. The van der Waals surface area contributed by atoms with Crippen LogP contribution in [0.2, 0.25) is 0 Å². The molecule has 0 spiro atoms. The number of carbonyl (C=O) groups excluding carboxylic acids is 1. The van der Waals surface area contributed by atoms with Gasteiger partial charge in [0.1, 0.15) is 11.4 Å². The molecule has 8 nitrogen and oxygen atoms in total. The Hall–Kier alpha value is -4.57. The normalized spacial score (nSPS) is 11.9. The second kappa shape index (κ2) is 8.90. The molecule has 5 rings (SSSR count). The summed E-state index contributed by atoms with van der Waals surface area (Å²) in [4.78, 5) is 25.4. The smallest absolute Gasteiger partial charge is 0.276 e. The highest BCUT2D eigenvalue weighted by atomic mass is 32.2. The minimum Gasteiger partial charge on any atom is -0.350 e.